The highest BCUT2D eigenvalue weighted by molar-refractivity contribution is 5.81. The van der Waals surface area contributed by atoms with Crippen molar-refractivity contribution in [2.45, 2.75) is 13.3 Å². The minimum Gasteiger partial charge on any atom is -0.496 e. The molecule has 17 heavy (non-hydrogen) atoms. The molecule has 0 radical (unpaired) electrons. The average molecular weight is 230 g/mol. The minimum absolute atomic E-state index is 0.0219. The van der Waals surface area contributed by atoms with Gasteiger partial charge < -0.3 is 4.74 Å². The highest BCUT2D eigenvalue weighted by Crippen LogP contribution is 2.20. The average Bonchev–Trinajstić information content (AvgIpc) is 2.83. The summed E-state index contributed by atoms with van der Waals surface area (Å²) < 4.78 is 6.72. The first-order valence-electron chi connectivity index (χ1n) is 5.35. The first-order valence-corrected chi connectivity index (χ1v) is 5.35. The normalized spacial score (nSPS) is 10.2. The van der Waals surface area contributed by atoms with Gasteiger partial charge in [0.15, 0.2) is 0 Å². The van der Waals surface area contributed by atoms with Gasteiger partial charge in [-0.1, -0.05) is 17.7 Å². The number of imidazole rings is 1. The fourth-order valence-corrected chi connectivity index (χ4v) is 1.71. The largest absolute Gasteiger partial charge is 0.496 e. The van der Waals surface area contributed by atoms with Gasteiger partial charge in [0.2, 0.25) is 5.91 Å². The van der Waals surface area contributed by atoms with Crippen LogP contribution in [0.5, 0.6) is 5.75 Å². The summed E-state index contributed by atoms with van der Waals surface area (Å²) in [5, 5.41) is 0. The molecule has 2 aromatic rings. The van der Waals surface area contributed by atoms with Gasteiger partial charge in [-0.25, -0.2) is 4.98 Å². The number of aryl methyl sites for hydroxylation is 1. The van der Waals surface area contributed by atoms with Gasteiger partial charge >= 0.3 is 0 Å². The number of aromatic nitrogens is 2. The quantitative estimate of drug-likeness (QED) is 0.810. The zero-order valence-corrected chi connectivity index (χ0v) is 9.88. The second kappa shape index (κ2) is 4.82. The second-order valence-electron chi connectivity index (χ2n) is 3.86. The van der Waals surface area contributed by atoms with Crippen LogP contribution >= 0.6 is 0 Å². The molecule has 4 nitrogen and oxygen atoms in total. The van der Waals surface area contributed by atoms with Gasteiger partial charge in [-0.3, -0.25) is 9.36 Å². The number of hydrogen-bond donors (Lipinski definition) is 0. The van der Waals surface area contributed by atoms with E-state index in [1.165, 1.54) is 10.9 Å². The van der Waals surface area contributed by atoms with Crippen LogP contribution in [0.1, 0.15) is 15.9 Å². The molecule has 2 rings (SSSR count). The lowest BCUT2D eigenvalue weighted by molar-refractivity contribution is 0.0913. The third-order valence-electron chi connectivity index (χ3n) is 2.57. The van der Waals surface area contributed by atoms with Crippen LogP contribution in [0.25, 0.3) is 0 Å². The van der Waals surface area contributed by atoms with Gasteiger partial charge in [-0.05, 0) is 13.0 Å². The van der Waals surface area contributed by atoms with Gasteiger partial charge in [-0.15, -0.1) is 0 Å². The van der Waals surface area contributed by atoms with Crippen molar-refractivity contribution in [3.8, 4) is 5.75 Å². The predicted octanol–water partition coefficient (Wildman–Crippen LogP) is 2.08. The SMILES string of the molecule is COc1ccc(C)cc1CC(=O)n1ccnc1. The van der Waals surface area contributed by atoms with E-state index in [0.717, 1.165) is 16.9 Å². The summed E-state index contributed by atoms with van der Waals surface area (Å²) in [5.74, 6) is 0.718. The maximum Gasteiger partial charge on any atom is 0.236 e. The highest BCUT2D eigenvalue weighted by Gasteiger charge is 2.10. The molecule has 0 N–H and O–H groups in total. The molecule has 0 bridgehead atoms. The van der Waals surface area contributed by atoms with Crippen LogP contribution in [0.3, 0.4) is 0 Å². The third kappa shape index (κ3) is 2.53. The Balaban J connectivity index is 2.23. The van der Waals surface area contributed by atoms with Crippen LogP contribution in [0.2, 0.25) is 0 Å². The third-order valence-corrected chi connectivity index (χ3v) is 2.57. The molecule has 0 aliphatic carbocycles. The first-order chi connectivity index (χ1) is 8.20. The fourth-order valence-electron chi connectivity index (χ4n) is 1.71. The lowest BCUT2D eigenvalue weighted by Crippen LogP contribution is -2.12. The van der Waals surface area contributed by atoms with Crippen LogP contribution in [-0.2, 0) is 6.42 Å². The van der Waals surface area contributed by atoms with Crippen molar-refractivity contribution >= 4 is 5.91 Å². The van der Waals surface area contributed by atoms with Crippen LogP contribution in [0.15, 0.2) is 36.9 Å². The van der Waals surface area contributed by atoms with Gasteiger partial charge in [0.05, 0.1) is 13.5 Å². The molecule has 0 fully saturated rings. The Hall–Kier alpha value is -2.10. The molecule has 4 heteroatoms. The lowest BCUT2D eigenvalue weighted by Gasteiger charge is -2.09. The van der Waals surface area contributed by atoms with Gasteiger partial charge in [0.25, 0.3) is 0 Å². The van der Waals surface area contributed by atoms with Crippen molar-refractivity contribution in [1.82, 2.24) is 9.55 Å². The van der Waals surface area contributed by atoms with E-state index in [4.69, 9.17) is 4.74 Å². The monoisotopic (exact) mass is 230 g/mol. The summed E-state index contributed by atoms with van der Waals surface area (Å²) in [6.07, 6.45) is 5.04. The number of nitrogens with zero attached hydrogens (tertiary/aromatic N) is 2. The molecule has 1 heterocycles. The molecule has 0 saturated heterocycles. The molecular formula is C13H14N2O2. The molecule has 0 aliphatic rings. The minimum atomic E-state index is -0.0219. The molecule has 1 aromatic heterocycles. The Morgan fingerprint density at radius 3 is 2.94 bits per heavy atom. The van der Waals surface area contributed by atoms with E-state index < -0.39 is 0 Å². The van der Waals surface area contributed by atoms with Crippen molar-refractivity contribution < 1.29 is 9.53 Å². The predicted molar refractivity (Wildman–Crippen MR) is 64.3 cm³/mol. The van der Waals surface area contributed by atoms with Crippen molar-refractivity contribution in [3.05, 3.63) is 48.0 Å². The summed E-state index contributed by atoms with van der Waals surface area (Å²) >= 11 is 0. The van der Waals surface area contributed by atoms with E-state index in [-0.39, 0.29) is 5.91 Å². The standard InChI is InChI=1S/C13H14N2O2/c1-10-3-4-12(17-2)11(7-10)8-13(16)15-6-5-14-9-15/h3-7,9H,8H2,1-2H3. The van der Waals surface area contributed by atoms with Crippen LogP contribution in [0.4, 0.5) is 0 Å². The summed E-state index contributed by atoms with van der Waals surface area (Å²) in [5.41, 5.74) is 2.01. The number of ether oxygens (including phenoxy) is 1. The zero-order chi connectivity index (χ0) is 12.3. The Kier molecular flexibility index (Phi) is 3.23. The van der Waals surface area contributed by atoms with E-state index >= 15 is 0 Å². The summed E-state index contributed by atoms with van der Waals surface area (Å²) in [6, 6.07) is 5.81. The van der Waals surface area contributed by atoms with E-state index in [9.17, 15) is 4.79 Å². The van der Waals surface area contributed by atoms with E-state index in [1.807, 2.05) is 25.1 Å². The molecule has 1 aromatic carbocycles. The van der Waals surface area contributed by atoms with Gasteiger partial charge in [0.1, 0.15) is 12.1 Å². The second-order valence-corrected chi connectivity index (χ2v) is 3.86. The van der Waals surface area contributed by atoms with E-state index in [1.54, 1.807) is 19.5 Å². The number of hydrogen-bond acceptors (Lipinski definition) is 3. The fraction of sp³-hybridized carbons (Fsp3) is 0.231. The molecule has 0 saturated carbocycles. The van der Waals surface area contributed by atoms with Gasteiger partial charge in [0, 0.05) is 18.0 Å². The smallest absolute Gasteiger partial charge is 0.236 e. The number of rotatable bonds is 3. The highest BCUT2D eigenvalue weighted by atomic mass is 16.5. The van der Waals surface area contributed by atoms with Crippen LogP contribution < -0.4 is 4.74 Å². The topological polar surface area (TPSA) is 44.1 Å². The number of carbonyl (C=O) groups excluding carboxylic acids is 1. The molecule has 0 unspecified atom stereocenters. The zero-order valence-electron chi connectivity index (χ0n) is 9.88. The van der Waals surface area contributed by atoms with Crippen molar-refractivity contribution in [2.24, 2.45) is 0 Å². The molecule has 0 spiro atoms. The Morgan fingerprint density at radius 1 is 1.47 bits per heavy atom. The number of methoxy groups -OCH3 is 1. The van der Waals surface area contributed by atoms with Gasteiger partial charge in [-0.2, -0.15) is 0 Å². The maximum absolute atomic E-state index is 11.9. The van der Waals surface area contributed by atoms with Crippen molar-refractivity contribution in [2.75, 3.05) is 7.11 Å². The van der Waals surface area contributed by atoms with E-state index in [2.05, 4.69) is 4.98 Å². The number of carbonyl (C=O) groups is 1. The van der Waals surface area contributed by atoms with E-state index in [0.29, 0.717) is 6.42 Å². The molecular weight excluding hydrogens is 216 g/mol. The number of benzene rings is 1. The summed E-state index contributed by atoms with van der Waals surface area (Å²) in [7, 11) is 1.61. The summed E-state index contributed by atoms with van der Waals surface area (Å²) in [6.45, 7) is 1.99. The van der Waals surface area contributed by atoms with Crippen molar-refractivity contribution in [3.63, 3.8) is 0 Å². The molecule has 0 amide bonds. The summed E-state index contributed by atoms with van der Waals surface area (Å²) in [4.78, 5) is 15.8. The Bertz CT molecular complexity index is 518. The maximum atomic E-state index is 11.9. The van der Waals surface area contributed by atoms with Crippen molar-refractivity contribution in [1.29, 1.82) is 0 Å². The molecule has 88 valence electrons. The molecule has 0 aliphatic heterocycles. The van der Waals surface area contributed by atoms with Crippen LogP contribution in [0, 0.1) is 6.92 Å². The Morgan fingerprint density at radius 2 is 2.29 bits per heavy atom. The Labute approximate surface area is 99.9 Å². The van der Waals surface area contributed by atoms with Crippen LogP contribution in [-0.4, -0.2) is 22.6 Å². The first kappa shape index (κ1) is 11.4. The molecule has 0 atom stereocenters. The lowest BCUT2D eigenvalue weighted by atomic mass is 10.1.